The van der Waals surface area contributed by atoms with Gasteiger partial charge in [0.05, 0.1) is 31.5 Å². The highest BCUT2D eigenvalue weighted by molar-refractivity contribution is 5.92. The highest BCUT2D eigenvalue weighted by Gasteiger charge is 2.36. The van der Waals surface area contributed by atoms with Gasteiger partial charge in [-0.15, -0.1) is 0 Å². The van der Waals surface area contributed by atoms with E-state index in [2.05, 4.69) is 0 Å². The number of hydrogen-bond acceptors (Lipinski definition) is 9. The number of methoxy groups -OCH3 is 1. The van der Waals surface area contributed by atoms with E-state index in [0.717, 1.165) is 0 Å². The van der Waals surface area contributed by atoms with Crippen molar-refractivity contribution in [2.24, 2.45) is 5.73 Å². The van der Waals surface area contributed by atoms with E-state index in [-0.39, 0.29) is 46.7 Å². The summed E-state index contributed by atoms with van der Waals surface area (Å²) < 4.78 is 26.3. The maximum atomic E-state index is 12.6. The van der Waals surface area contributed by atoms with Crippen LogP contribution in [-0.4, -0.2) is 25.7 Å². The van der Waals surface area contributed by atoms with E-state index < -0.39 is 17.9 Å². The minimum Gasteiger partial charge on any atom is -0.493 e. The lowest BCUT2D eigenvalue weighted by atomic mass is 9.83. The number of nitrogens with zero attached hydrogens (tertiary/aromatic N) is 1. The third-order valence-corrected chi connectivity index (χ3v) is 4.55. The van der Waals surface area contributed by atoms with Crippen LogP contribution in [0.3, 0.4) is 0 Å². The fraction of sp³-hybridized carbons (Fsp3) is 0.227. The molecule has 0 saturated carbocycles. The fourth-order valence-corrected chi connectivity index (χ4v) is 3.18. The van der Waals surface area contributed by atoms with E-state index in [1.54, 1.807) is 32.0 Å². The molecule has 9 heteroatoms. The molecule has 160 valence electrons. The molecule has 1 aromatic heterocycles. The van der Waals surface area contributed by atoms with Crippen molar-refractivity contribution >= 4 is 11.9 Å². The van der Waals surface area contributed by atoms with E-state index in [9.17, 15) is 14.9 Å². The summed E-state index contributed by atoms with van der Waals surface area (Å²) in [7, 11) is 1.40. The van der Waals surface area contributed by atoms with Crippen LogP contribution in [0.4, 0.5) is 0 Å². The first-order valence-electron chi connectivity index (χ1n) is 9.30. The predicted octanol–water partition coefficient (Wildman–Crippen LogP) is 3.15. The topological polar surface area (TPSA) is 134 Å². The zero-order valence-corrected chi connectivity index (χ0v) is 17.1. The van der Waals surface area contributed by atoms with E-state index in [0.29, 0.717) is 5.56 Å². The van der Waals surface area contributed by atoms with E-state index in [4.69, 9.17) is 29.1 Å². The maximum absolute atomic E-state index is 12.6. The first-order valence-corrected chi connectivity index (χ1v) is 9.30. The molecule has 0 aliphatic carbocycles. The van der Waals surface area contributed by atoms with Gasteiger partial charge in [-0.1, -0.05) is 6.07 Å². The number of carbonyl (C=O) groups is 2. The summed E-state index contributed by atoms with van der Waals surface area (Å²) in [4.78, 5) is 24.8. The third kappa shape index (κ3) is 4.23. The van der Waals surface area contributed by atoms with Gasteiger partial charge in [-0.3, -0.25) is 0 Å². The van der Waals surface area contributed by atoms with Crippen LogP contribution in [0.5, 0.6) is 11.5 Å². The molecule has 1 unspecified atom stereocenters. The normalized spacial score (nSPS) is 15.7. The Morgan fingerprint density at radius 2 is 2.00 bits per heavy atom. The summed E-state index contributed by atoms with van der Waals surface area (Å²) in [6, 6.07) is 9.68. The number of rotatable bonds is 6. The Hall–Kier alpha value is -4.19. The third-order valence-electron chi connectivity index (χ3n) is 4.55. The zero-order chi connectivity index (χ0) is 22.5. The van der Waals surface area contributed by atoms with Gasteiger partial charge in [0.25, 0.3) is 0 Å². The summed E-state index contributed by atoms with van der Waals surface area (Å²) >= 11 is 0. The predicted molar refractivity (Wildman–Crippen MR) is 107 cm³/mol. The standard InChI is InChI=1S/C22H20N2O7/c1-4-28-22(26)18-12(2)30-20(24)14(11-23)19(18)13-7-8-15(17(10-13)27-3)31-21(25)16-6-5-9-29-16/h5-10,19H,4,24H2,1-3H3. The lowest BCUT2D eigenvalue weighted by molar-refractivity contribution is -0.139. The Morgan fingerprint density at radius 1 is 1.23 bits per heavy atom. The fourth-order valence-electron chi connectivity index (χ4n) is 3.18. The van der Waals surface area contributed by atoms with Gasteiger partial charge < -0.3 is 29.1 Å². The number of ether oxygens (including phenoxy) is 4. The van der Waals surface area contributed by atoms with Crippen molar-refractivity contribution in [2.45, 2.75) is 19.8 Å². The first kappa shape index (κ1) is 21.5. The van der Waals surface area contributed by atoms with Crippen LogP contribution < -0.4 is 15.2 Å². The minimum absolute atomic E-state index is 0.0289. The van der Waals surface area contributed by atoms with Gasteiger partial charge in [0.1, 0.15) is 17.4 Å². The number of nitrogens with two attached hydrogens (primary N) is 1. The van der Waals surface area contributed by atoms with E-state index in [1.165, 1.54) is 25.5 Å². The Balaban J connectivity index is 2.04. The van der Waals surface area contributed by atoms with Crippen LogP contribution in [-0.2, 0) is 14.3 Å². The molecular formula is C22H20N2O7. The zero-order valence-electron chi connectivity index (χ0n) is 17.1. The largest absolute Gasteiger partial charge is 0.493 e. The minimum atomic E-state index is -0.846. The molecule has 1 aliphatic rings. The number of benzene rings is 1. The quantitative estimate of drug-likeness (QED) is 0.548. The Labute approximate surface area is 178 Å². The molecule has 1 atom stereocenters. The summed E-state index contributed by atoms with van der Waals surface area (Å²) in [5, 5.41) is 9.66. The molecule has 2 heterocycles. The molecule has 0 radical (unpaired) electrons. The molecule has 3 rings (SSSR count). The monoisotopic (exact) mass is 424 g/mol. The molecule has 1 aliphatic heterocycles. The Kier molecular flexibility index (Phi) is 6.31. The van der Waals surface area contributed by atoms with E-state index in [1.807, 2.05) is 6.07 Å². The molecule has 0 spiro atoms. The molecule has 0 saturated heterocycles. The Morgan fingerprint density at radius 3 is 2.61 bits per heavy atom. The van der Waals surface area contributed by atoms with Gasteiger partial charge in [-0.05, 0) is 43.7 Å². The van der Waals surface area contributed by atoms with Crippen molar-refractivity contribution in [1.82, 2.24) is 0 Å². The van der Waals surface area contributed by atoms with Crippen molar-refractivity contribution in [1.29, 1.82) is 5.26 Å². The van der Waals surface area contributed by atoms with E-state index >= 15 is 0 Å². The molecular weight excluding hydrogens is 404 g/mol. The molecule has 2 N–H and O–H groups in total. The lowest BCUT2D eigenvalue weighted by Crippen LogP contribution is -2.25. The van der Waals surface area contributed by atoms with Crippen LogP contribution in [0, 0.1) is 11.3 Å². The first-order chi connectivity index (χ1) is 14.9. The maximum Gasteiger partial charge on any atom is 0.379 e. The number of furan rings is 1. The Bertz CT molecular complexity index is 1110. The van der Waals surface area contributed by atoms with Gasteiger partial charge in [0, 0.05) is 0 Å². The SMILES string of the molecule is CCOC(=O)C1=C(C)OC(N)=C(C#N)C1c1ccc(OC(=O)c2ccco2)c(OC)c1. The number of allylic oxidation sites excluding steroid dienone is 2. The second-order valence-electron chi connectivity index (χ2n) is 6.39. The number of carbonyl (C=O) groups excluding carboxylic acids is 2. The summed E-state index contributed by atoms with van der Waals surface area (Å²) in [5.41, 5.74) is 6.60. The molecule has 2 aromatic rings. The van der Waals surface area contributed by atoms with Gasteiger partial charge in [-0.2, -0.15) is 5.26 Å². The lowest BCUT2D eigenvalue weighted by Gasteiger charge is -2.27. The second kappa shape index (κ2) is 9.09. The molecule has 0 amide bonds. The summed E-state index contributed by atoms with van der Waals surface area (Å²) in [5.74, 6) is -1.68. The highest BCUT2D eigenvalue weighted by atomic mass is 16.6. The second-order valence-corrected chi connectivity index (χ2v) is 6.39. The van der Waals surface area contributed by atoms with Gasteiger partial charge in [-0.25, -0.2) is 9.59 Å². The van der Waals surface area contributed by atoms with Crippen LogP contribution in [0.25, 0.3) is 0 Å². The average molecular weight is 424 g/mol. The average Bonchev–Trinajstić information content (AvgIpc) is 3.28. The van der Waals surface area contributed by atoms with Crippen LogP contribution in [0.15, 0.2) is 63.8 Å². The molecule has 0 bridgehead atoms. The smallest absolute Gasteiger partial charge is 0.379 e. The molecule has 31 heavy (non-hydrogen) atoms. The van der Waals surface area contributed by atoms with Gasteiger partial charge >= 0.3 is 11.9 Å². The van der Waals surface area contributed by atoms with Crippen LogP contribution >= 0.6 is 0 Å². The van der Waals surface area contributed by atoms with Crippen molar-refractivity contribution in [3.63, 3.8) is 0 Å². The van der Waals surface area contributed by atoms with Crippen molar-refractivity contribution in [3.8, 4) is 17.6 Å². The molecule has 0 fully saturated rings. The number of nitriles is 1. The van der Waals surface area contributed by atoms with Gasteiger partial charge in [0.15, 0.2) is 11.5 Å². The summed E-state index contributed by atoms with van der Waals surface area (Å²) in [6.45, 7) is 3.39. The molecule has 1 aromatic carbocycles. The number of esters is 2. The van der Waals surface area contributed by atoms with Crippen LogP contribution in [0.1, 0.15) is 35.9 Å². The summed E-state index contributed by atoms with van der Waals surface area (Å²) in [6.07, 6.45) is 1.35. The number of hydrogen-bond donors (Lipinski definition) is 1. The highest BCUT2D eigenvalue weighted by Crippen LogP contribution is 2.42. The van der Waals surface area contributed by atoms with Crippen LogP contribution in [0.2, 0.25) is 0 Å². The van der Waals surface area contributed by atoms with Gasteiger partial charge in [0.2, 0.25) is 11.6 Å². The van der Waals surface area contributed by atoms with Crippen molar-refractivity contribution in [3.05, 3.63) is 70.7 Å². The van der Waals surface area contributed by atoms with Crippen molar-refractivity contribution in [2.75, 3.05) is 13.7 Å². The van der Waals surface area contributed by atoms with Crippen molar-refractivity contribution < 1.29 is 33.0 Å². The molecule has 9 nitrogen and oxygen atoms in total.